The zero-order valence-corrected chi connectivity index (χ0v) is 16.7. The second kappa shape index (κ2) is 12.3. The van der Waals surface area contributed by atoms with E-state index >= 15 is 0 Å². The molecule has 6 nitrogen and oxygen atoms in total. The fourth-order valence-corrected chi connectivity index (χ4v) is 3.01. The van der Waals surface area contributed by atoms with Crippen molar-refractivity contribution in [2.24, 2.45) is 4.99 Å². The first-order valence-corrected chi connectivity index (χ1v) is 10.0. The lowest BCUT2D eigenvalue weighted by molar-refractivity contribution is -0.127. The number of likely N-dealkylation sites (N-methyl/N-ethyl adjacent to an activating group) is 1. The Kier molecular flexibility index (Phi) is 9.69. The molecule has 1 aliphatic rings. The van der Waals surface area contributed by atoms with E-state index in [1.54, 1.807) is 19.0 Å². The van der Waals surface area contributed by atoms with Crippen molar-refractivity contribution in [1.29, 1.82) is 0 Å². The number of amides is 1. The van der Waals surface area contributed by atoms with Crippen LogP contribution in [0.3, 0.4) is 0 Å². The molecule has 0 spiro atoms. The molecule has 0 bridgehead atoms. The number of hydrogen-bond acceptors (Lipinski definition) is 3. The van der Waals surface area contributed by atoms with Crippen LogP contribution in [0.25, 0.3) is 0 Å². The lowest BCUT2D eigenvalue weighted by Crippen LogP contribution is -2.43. The minimum Gasteiger partial charge on any atom is -0.378 e. The summed E-state index contributed by atoms with van der Waals surface area (Å²) < 4.78 is 5.96. The molecule has 1 fully saturated rings. The topological polar surface area (TPSA) is 66.0 Å². The minimum absolute atomic E-state index is 0.0184. The maximum absolute atomic E-state index is 11.8. The van der Waals surface area contributed by atoms with E-state index in [4.69, 9.17) is 4.74 Å². The highest BCUT2D eigenvalue weighted by Gasteiger charge is 2.13. The van der Waals surface area contributed by atoms with Crippen molar-refractivity contribution in [2.45, 2.75) is 51.2 Å². The van der Waals surface area contributed by atoms with E-state index in [0.717, 1.165) is 25.1 Å². The van der Waals surface area contributed by atoms with Crippen LogP contribution in [0, 0.1) is 0 Å². The van der Waals surface area contributed by atoms with Gasteiger partial charge in [-0.1, -0.05) is 49.6 Å². The van der Waals surface area contributed by atoms with Crippen LogP contribution in [0.4, 0.5) is 0 Å². The average Bonchev–Trinajstić information content (AvgIpc) is 2.70. The van der Waals surface area contributed by atoms with Gasteiger partial charge < -0.3 is 20.3 Å². The molecule has 1 aromatic rings. The molecule has 0 radical (unpaired) electrons. The normalized spacial score (nSPS) is 15.4. The van der Waals surface area contributed by atoms with Crippen molar-refractivity contribution in [3.63, 3.8) is 0 Å². The summed E-state index contributed by atoms with van der Waals surface area (Å²) in [5, 5.41) is 6.43. The van der Waals surface area contributed by atoms with Gasteiger partial charge in [0.05, 0.1) is 19.2 Å². The summed E-state index contributed by atoms with van der Waals surface area (Å²) in [4.78, 5) is 18.0. The third-order valence-electron chi connectivity index (χ3n) is 4.69. The first-order chi connectivity index (χ1) is 13.1. The molecule has 1 aliphatic carbocycles. The largest absolute Gasteiger partial charge is 0.378 e. The Hall–Kier alpha value is -2.08. The van der Waals surface area contributed by atoms with Crippen molar-refractivity contribution < 1.29 is 9.53 Å². The lowest BCUT2D eigenvalue weighted by Gasteiger charge is -2.22. The van der Waals surface area contributed by atoms with E-state index in [2.05, 4.69) is 15.6 Å². The van der Waals surface area contributed by atoms with E-state index in [1.807, 2.05) is 30.3 Å². The maximum Gasteiger partial charge on any atom is 0.241 e. The summed E-state index contributed by atoms with van der Waals surface area (Å²) in [5.41, 5.74) is 1.14. The molecule has 1 saturated carbocycles. The van der Waals surface area contributed by atoms with Gasteiger partial charge in [-0.05, 0) is 24.8 Å². The SMILES string of the molecule is CN(C)C(=O)CNC(=NCc1ccccc1)NCCCOC1CCCCC1. The molecule has 27 heavy (non-hydrogen) atoms. The van der Waals surface area contributed by atoms with E-state index in [-0.39, 0.29) is 12.5 Å². The Labute approximate surface area is 163 Å². The number of hydrogen-bond donors (Lipinski definition) is 2. The number of carbonyl (C=O) groups excluding carboxylic acids is 1. The molecule has 0 atom stereocenters. The predicted molar refractivity (Wildman–Crippen MR) is 110 cm³/mol. The first kappa shape index (κ1) is 21.2. The van der Waals surface area contributed by atoms with Crippen molar-refractivity contribution in [2.75, 3.05) is 33.8 Å². The fourth-order valence-electron chi connectivity index (χ4n) is 3.01. The van der Waals surface area contributed by atoms with Crippen LogP contribution < -0.4 is 10.6 Å². The summed E-state index contributed by atoms with van der Waals surface area (Å²) in [6.07, 6.45) is 7.70. The van der Waals surface area contributed by atoms with Gasteiger partial charge in [0.25, 0.3) is 0 Å². The van der Waals surface area contributed by atoms with Gasteiger partial charge in [0, 0.05) is 27.2 Å². The van der Waals surface area contributed by atoms with Gasteiger partial charge in [0.2, 0.25) is 5.91 Å². The molecule has 2 rings (SSSR count). The van der Waals surface area contributed by atoms with Gasteiger partial charge in [0.15, 0.2) is 5.96 Å². The number of nitrogens with zero attached hydrogens (tertiary/aromatic N) is 2. The quantitative estimate of drug-likeness (QED) is 0.396. The van der Waals surface area contributed by atoms with Gasteiger partial charge in [-0.25, -0.2) is 4.99 Å². The van der Waals surface area contributed by atoms with Gasteiger partial charge in [-0.3, -0.25) is 4.79 Å². The van der Waals surface area contributed by atoms with Crippen LogP contribution in [-0.4, -0.2) is 56.7 Å². The average molecular weight is 375 g/mol. The summed E-state index contributed by atoms with van der Waals surface area (Å²) in [6.45, 7) is 2.33. The van der Waals surface area contributed by atoms with E-state index in [0.29, 0.717) is 18.6 Å². The third kappa shape index (κ3) is 8.91. The first-order valence-electron chi connectivity index (χ1n) is 10.0. The summed E-state index contributed by atoms with van der Waals surface area (Å²) >= 11 is 0. The smallest absolute Gasteiger partial charge is 0.241 e. The molecule has 0 saturated heterocycles. The molecule has 0 aliphatic heterocycles. The van der Waals surface area contributed by atoms with Crippen LogP contribution in [0.1, 0.15) is 44.1 Å². The lowest BCUT2D eigenvalue weighted by atomic mass is 9.98. The summed E-state index contributed by atoms with van der Waals surface area (Å²) in [5.74, 6) is 0.677. The van der Waals surface area contributed by atoms with Crippen molar-refractivity contribution >= 4 is 11.9 Å². The molecule has 0 aromatic heterocycles. The summed E-state index contributed by atoms with van der Waals surface area (Å²) in [6, 6.07) is 10.1. The Morgan fingerprint density at radius 2 is 1.89 bits per heavy atom. The Balaban J connectivity index is 1.75. The van der Waals surface area contributed by atoms with Crippen molar-refractivity contribution in [3.05, 3.63) is 35.9 Å². The van der Waals surface area contributed by atoms with Gasteiger partial charge in [0.1, 0.15) is 0 Å². The highest BCUT2D eigenvalue weighted by Crippen LogP contribution is 2.20. The number of benzene rings is 1. The van der Waals surface area contributed by atoms with Crippen LogP contribution in [0.2, 0.25) is 0 Å². The van der Waals surface area contributed by atoms with Gasteiger partial charge >= 0.3 is 0 Å². The monoisotopic (exact) mass is 374 g/mol. The summed E-state index contributed by atoms with van der Waals surface area (Å²) in [7, 11) is 3.50. The molecule has 2 N–H and O–H groups in total. The van der Waals surface area contributed by atoms with E-state index < -0.39 is 0 Å². The Bertz CT molecular complexity index is 569. The zero-order valence-electron chi connectivity index (χ0n) is 16.7. The molecular weight excluding hydrogens is 340 g/mol. The number of ether oxygens (including phenoxy) is 1. The molecule has 150 valence electrons. The van der Waals surface area contributed by atoms with Crippen LogP contribution in [0.15, 0.2) is 35.3 Å². The molecule has 1 amide bonds. The second-order valence-corrected chi connectivity index (χ2v) is 7.20. The molecule has 0 unspecified atom stereocenters. The maximum atomic E-state index is 11.8. The van der Waals surface area contributed by atoms with Crippen molar-refractivity contribution in [1.82, 2.24) is 15.5 Å². The fraction of sp³-hybridized carbons (Fsp3) is 0.619. The van der Waals surface area contributed by atoms with Crippen LogP contribution >= 0.6 is 0 Å². The Morgan fingerprint density at radius 1 is 1.15 bits per heavy atom. The van der Waals surface area contributed by atoms with Crippen molar-refractivity contribution in [3.8, 4) is 0 Å². The van der Waals surface area contributed by atoms with Crippen LogP contribution in [0.5, 0.6) is 0 Å². The molecular formula is C21H34N4O2. The standard InChI is InChI=1S/C21H34N4O2/c1-25(2)20(26)17-24-21(23-16-18-10-5-3-6-11-18)22-14-9-15-27-19-12-7-4-8-13-19/h3,5-6,10-11,19H,4,7-9,12-17H2,1-2H3,(H2,22,23,24). The van der Waals surface area contributed by atoms with E-state index in [1.165, 1.54) is 32.1 Å². The zero-order chi connectivity index (χ0) is 19.3. The van der Waals surface area contributed by atoms with Gasteiger partial charge in [-0.15, -0.1) is 0 Å². The van der Waals surface area contributed by atoms with Gasteiger partial charge in [-0.2, -0.15) is 0 Å². The molecule has 0 heterocycles. The number of carbonyl (C=O) groups is 1. The number of guanidine groups is 1. The predicted octanol–water partition coefficient (Wildman–Crippen LogP) is 2.55. The number of aliphatic imine (C=N–C) groups is 1. The minimum atomic E-state index is 0.0184. The molecule has 1 aromatic carbocycles. The second-order valence-electron chi connectivity index (χ2n) is 7.20. The Morgan fingerprint density at radius 3 is 2.59 bits per heavy atom. The van der Waals surface area contributed by atoms with E-state index in [9.17, 15) is 4.79 Å². The highest BCUT2D eigenvalue weighted by atomic mass is 16.5. The highest BCUT2D eigenvalue weighted by molar-refractivity contribution is 5.86. The number of rotatable bonds is 9. The number of nitrogens with one attached hydrogen (secondary N) is 2. The van der Waals surface area contributed by atoms with Crippen LogP contribution in [-0.2, 0) is 16.1 Å². The third-order valence-corrected chi connectivity index (χ3v) is 4.69. The molecule has 6 heteroatoms.